The van der Waals surface area contributed by atoms with Crippen LogP contribution in [0.5, 0.6) is 0 Å². The normalized spacial score (nSPS) is 17.8. The molecule has 116 valence electrons. The molecule has 3 rings (SSSR count). The second-order valence-electron chi connectivity index (χ2n) is 5.47. The summed E-state index contributed by atoms with van der Waals surface area (Å²) in [6.07, 6.45) is 6.34. The lowest BCUT2D eigenvalue weighted by atomic mass is 10.1. The lowest BCUT2D eigenvalue weighted by Crippen LogP contribution is -2.41. The highest BCUT2D eigenvalue weighted by Gasteiger charge is 2.23. The monoisotopic (exact) mass is 319 g/mol. The summed E-state index contributed by atoms with van der Waals surface area (Å²) in [5.41, 5.74) is 0.196. The molecule has 0 spiro atoms. The molecule has 22 heavy (non-hydrogen) atoms. The lowest BCUT2D eigenvalue weighted by Gasteiger charge is -2.25. The first kappa shape index (κ1) is 14.8. The minimum atomic E-state index is -3.44. The summed E-state index contributed by atoms with van der Waals surface area (Å²) in [7, 11) is -3.44. The summed E-state index contributed by atoms with van der Waals surface area (Å²) >= 11 is 0. The van der Waals surface area contributed by atoms with Crippen molar-refractivity contribution in [1.82, 2.24) is 14.9 Å². The molecule has 0 radical (unpaired) electrons. The predicted octanol–water partition coefficient (Wildman–Crippen LogP) is 1.03. The Morgan fingerprint density at radius 3 is 2.91 bits per heavy atom. The summed E-state index contributed by atoms with van der Waals surface area (Å²) in [6, 6.07) is 6.25. The van der Waals surface area contributed by atoms with Crippen LogP contribution in [0.3, 0.4) is 0 Å². The van der Waals surface area contributed by atoms with Crippen molar-refractivity contribution in [2.24, 2.45) is 0 Å². The van der Waals surface area contributed by atoms with E-state index >= 15 is 0 Å². The molecule has 0 bridgehead atoms. The first-order valence-corrected chi connectivity index (χ1v) is 8.94. The van der Waals surface area contributed by atoms with Crippen LogP contribution in [0.4, 0.5) is 0 Å². The third-order valence-corrected chi connectivity index (χ3v) is 4.96. The molecule has 0 fully saturated rings. The van der Waals surface area contributed by atoms with Gasteiger partial charge in [0.15, 0.2) is 9.84 Å². The second-order valence-corrected chi connectivity index (χ2v) is 7.46. The van der Waals surface area contributed by atoms with E-state index < -0.39 is 9.84 Å². The quantitative estimate of drug-likeness (QED) is 0.916. The van der Waals surface area contributed by atoms with E-state index in [-0.39, 0.29) is 22.4 Å². The highest BCUT2D eigenvalue weighted by Crippen LogP contribution is 2.17. The number of carbonyl (C=O) groups is 1. The average molecular weight is 319 g/mol. The zero-order valence-corrected chi connectivity index (χ0v) is 13.0. The van der Waals surface area contributed by atoms with Gasteiger partial charge in [-0.3, -0.25) is 4.79 Å². The Hall–Kier alpha value is -2.15. The van der Waals surface area contributed by atoms with E-state index in [0.29, 0.717) is 6.54 Å². The fourth-order valence-corrected chi connectivity index (χ4v) is 3.61. The smallest absolute Gasteiger partial charge is 0.252 e. The van der Waals surface area contributed by atoms with Crippen LogP contribution in [-0.4, -0.2) is 36.2 Å². The number of aromatic nitrogens is 2. The Labute approximate surface area is 129 Å². The van der Waals surface area contributed by atoms with Gasteiger partial charge < -0.3 is 9.88 Å². The van der Waals surface area contributed by atoms with Gasteiger partial charge in [0.2, 0.25) is 0 Å². The van der Waals surface area contributed by atoms with Crippen LogP contribution in [0, 0.1) is 0 Å². The zero-order chi connectivity index (χ0) is 15.7. The topological polar surface area (TPSA) is 81.1 Å². The van der Waals surface area contributed by atoms with Crippen LogP contribution in [0.2, 0.25) is 0 Å². The number of sulfone groups is 1. The van der Waals surface area contributed by atoms with Crippen LogP contribution in [0.15, 0.2) is 41.6 Å². The van der Waals surface area contributed by atoms with Crippen molar-refractivity contribution in [3.63, 3.8) is 0 Å². The van der Waals surface area contributed by atoms with Crippen molar-refractivity contribution in [2.75, 3.05) is 6.26 Å². The number of fused-ring (bicyclic) bond motifs is 1. The van der Waals surface area contributed by atoms with Crippen molar-refractivity contribution < 1.29 is 13.2 Å². The van der Waals surface area contributed by atoms with Gasteiger partial charge in [-0.05, 0) is 18.6 Å². The third-order valence-electron chi connectivity index (χ3n) is 3.80. The number of hydrogen-bond acceptors (Lipinski definition) is 4. The summed E-state index contributed by atoms with van der Waals surface area (Å²) < 4.78 is 25.6. The fraction of sp³-hybridized carbons (Fsp3) is 0.333. The Morgan fingerprint density at radius 2 is 2.14 bits per heavy atom. The van der Waals surface area contributed by atoms with Gasteiger partial charge in [-0.15, -0.1) is 0 Å². The third kappa shape index (κ3) is 2.89. The van der Waals surface area contributed by atoms with Gasteiger partial charge in [0.05, 0.1) is 10.5 Å². The van der Waals surface area contributed by atoms with Crippen LogP contribution in [0.25, 0.3) is 0 Å². The molecule has 1 aromatic carbocycles. The van der Waals surface area contributed by atoms with Crippen molar-refractivity contribution in [2.45, 2.75) is 30.3 Å². The molecule has 1 N–H and O–H groups in total. The van der Waals surface area contributed by atoms with Gasteiger partial charge in [0.25, 0.3) is 5.91 Å². The van der Waals surface area contributed by atoms with E-state index in [2.05, 4.69) is 10.3 Å². The Bertz CT molecular complexity index is 811. The number of amides is 1. The SMILES string of the molecule is CS(=O)(=O)c1ccccc1C(=O)N[C@@H]1CCc2nccn2C1. The van der Waals surface area contributed by atoms with Crippen molar-refractivity contribution >= 4 is 15.7 Å². The molecule has 2 aromatic rings. The molecule has 0 aliphatic carbocycles. The first-order chi connectivity index (χ1) is 10.4. The molecular weight excluding hydrogens is 302 g/mol. The molecule has 1 aliphatic rings. The van der Waals surface area contributed by atoms with E-state index in [4.69, 9.17) is 0 Å². The van der Waals surface area contributed by atoms with E-state index in [9.17, 15) is 13.2 Å². The van der Waals surface area contributed by atoms with E-state index in [1.165, 1.54) is 12.1 Å². The Balaban J connectivity index is 1.79. The number of carbonyl (C=O) groups excluding carboxylic acids is 1. The molecule has 0 saturated carbocycles. The van der Waals surface area contributed by atoms with E-state index in [1.807, 2.05) is 10.8 Å². The summed E-state index contributed by atoms with van der Waals surface area (Å²) in [4.78, 5) is 16.7. The van der Waals surface area contributed by atoms with Crippen molar-refractivity contribution in [3.05, 3.63) is 48.0 Å². The van der Waals surface area contributed by atoms with Gasteiger partial charge >= 0.3 is 0 Å². The largest absolute Gasteiger partial charge is 0.347 e. The average Bonchev–Trinajstić information content (AvgIpc) is 2.94. The fourth-order valence-electron chi connectivity index (χ4n) is 2.73. The standard InChI is InChI=1S/C15H17N3O3S/c1-22(20,21)13-5-3-2-4-12(13)15(19)17-11-6-7-14-16-8-9-18(14)10-11/h2-5,8-9,11H,6-7,10H2,1H3,(H,17,19)/t11-/m1/s1. The molecular formula is C15H17N3O3S. The maximum Gasteiger partial charge on any atom is 0.252 e. The number of hydrogen-bond donors (Lipinski definition) is 1. The molecule has 1 amide bonds. The number of imidazole rings is 1. The molecule has 0 saturated heterocycles. The highest BCUT2D eigenvalue weighted by atomic mass is 32.2. The number of benzene rings is 1. The van der Waals surface area contributed by atoms with Crippen LogP contribution < -0.4 is 5.32 Å². The molecule has 1 aliphatic heterocycles. The van der Waals surface area contributed by atoms with E-state index in [1.54, 1.807) is 18.3 Å². The zero-order valence-electron chi connectivity index (χ0n) is 12.2. The van der Waals surface area contributed by atoms with Gasteiger partial charge in [-0.1, -0.05) is 12.1 Å². The Morgan fingerprint density at radius 1 is 1.36 bits per heavy atom. The van der Waals surface area contributed by atoms with Crippen LogP contribution in [-0.2, 0) is 22.8 Å². The molecule has 2 heterocycles. The molecule has 1 aromatic heterocycles. The summed E-state index contributed by atoms with van der Waals surface area (Å²) in [5, 5.41) is 2.93. The minimum Gasteiger partial charge on any atom is -0.347 e. The highest BCUT2D eigenvalue weighted by molar-refractivity contribution is 7.90. The number of aryl methyl sites for hydroxylation is 1. The predicted molar refractivity (Wildman–Crippen MR) is 81.4 cm³/mol. The molecule has 6 nitrogen and oxygen atoms in total. The lowest BCUT2D eigenvalue weighted by molar-refractivity contribution is 0.0924. The minimum absolute atomic E-state index is 0.0261. The van der Waals surface area contributed by atoms with Crippen molar-refractivity contribution in [3.8, 4) is 0 Å². The van der Waals surface area contributed by atoms with E-state index in [0.717, 1.165) is 24.9 Å². The number of rotatable bonds is 3. The summed E-state index contributed by atoms with van der Waals surface area (Å²) in [6.45, 7) is 0.655. The second kappa shape index (κ2) is 5.57. The van der Waals surface area contributed by atoms with Crippen molar-refractivity contribution in [1.29, 1.82) is 0 Å². The van der Waals surface area contributed by atoms with Gasteiger partial charge in [0, 0.05) is 37.7 Å². The molecule has 1 atom stereocenters. The summed E-state index contributed by atoms with van der Waals surface area (Å²) in [5.74, 6) is 0.664. The van der Waals surface area contributed by atoms with Crippen LogP contribution >= 0.6 is 0 Å². The number of nitrogens with zero attached hydrogens (tertiary/aromatic N) is 2. The molecule has 7 heteroatoms. The van der Waals surface area contributed by atoms with Gasteiger partial charge in [-0.2, -0.15) is 0 Å². The first-order valence-electron chi connectivity index (χ1n) is 7.05. The maximum absolute atomic E-state index is 12.4. The van der Waals surface area contributed by atoms with Crippen LogP contribution in [0.1, 0.15) is 22.6 Å². The maximum atomic E-state index is 12.4. The number of nitrogens with one attached hydrogen (secondary N) is 1. The molecule has 0 unspecified atom stereocenters. The Kier molecular flexibility index (Phi) is 3.74. The van der Waals surface area contributed by atoms with Gasteiger partial charge in [-0.25, -0.2) is 13.4 Å². The van der Waals surface area contributed by atoms with Gasteiger partial charge in [0.1, 0.15) is 5.82 Å².